The smallest absolute Gasteiger partial charge is 0.307 e. The molecule has 0 aromatic heterocycles. The first-order valence-corrected chi connectivity index (χ1v) is 6.71. The number of hydrogen-bond acceptors (Lipinski definition) is 3. The largest absolute Gasteiger partial charge is 0.481 e. The summed E-state index contributed by atoms with van der Waals surface area (Å²) in [6, 6.07) is 0. The van der Waals surface area contributed by atoms with Gasteiger partial charge >= 0.3 is 5.97 Å². The van der Waals surface area contributed by atoms with Gasteiger partial charge in [-0.05, 0) is 25.7 Å². The summed E-state index contributed by atoms with van der Waals surface area (Å²) in [7, 11) is 0. The average Bonchev–Trinajstić information content (AvgIpc) is 2.80. The lowest BCUT2D eigenvalue weighted by Crippen LogP contribution is -2.42. The van der Waals surface area contributed by atoms with Crippen LogP contribution in [-0.4, -0.2) is 34.5 Å². The van der Waals surface area contributed by atoms with Gasteiger partial charge in [-0.25, -0.2) is 0 Å². The Morgan fingerprint density at radius 1 is 1.44 bits per heavy atom. The third-order valence-electron chi connectivity index (χ3n) is 4.20. The Balaban J connectivity index is 2.64. The molecule has 2 N–H and O–H groups in total. The Hall–Kier alpha value is -0.610. The first kappa shape index (κ1) is 15.4. The summed E-state index contributed by atoms with van der Waals surface area (Å²) in [4.78, 5) is 11.1. The first-order valence-electron chi connectivity index (χ1n) is 6.71. The van der Waals surface area contributed by atoms with Gasteiger partial charge in [0.1, 0.15) is 0 Å². The maximum absolute atomic E-state index is 11.1. The number of unbranched alkanes of at least 4 members (excludes halogenated alkanes) is 1. The minimum atomic E-state index is -0.826. The lowest BCUT2D eigenvalue weighted by atomic mass is 9.93. The molecule has 4 nitrogen and oxygen atoms in total. The molecule has 0 amide bonds. The minimum Gasteiger partial charge on any atom is -0.481 e. The molecule has 3 unspecified atom stereocenters. The summed E-state index contributed by atoms with van der Waals surface area (Å²) in [5, 5.41) is 19.5. The molecule has 18 heavy (non-hydrogen) atoms. The van der Waals surface area contributed by atoms with Crippen molar-refractivity contribution in [2.24, 2.45) is 17.3 Å². The van der Waals surface area contributed by atoms with Crippen LogP contribution in [0.5, 0.6) is 0 Å². The standard InChI is InChI=1S/C14H26O4/c1-6-7-8-18-14(4,5)11(15)9-10(12(16)17)13(9,2)3/h9-11,15H,6-8H2,1-5H3,(H,16,17). The number of aliphatic hydroxyl groups excluding tert-OH is 1. The zero-order valence-corrected chi connectivity index (χ0v) is 12.1. The van der Waals surface area contributed by atoms with Gasteiger partial charge in [-0.15, -0.1) is 0 Å². The van der Waals surface area contributed by atoms with E-state index in [-0.39, 0.29) is 11.3 Å². The van der Waals surface area contributed by atoms with Crippen LogP contribution in [0.25, 0.3) is 0 Å². The van der Waals surface area contributed by atoms with Crippen LogP contribution in [0.4, 0.5) is 0 Å². The maximum atomic E-state index is 11.1. The summed E-state index contributed by atoms with van der Waals surface area (Å²) in [5.41, 5.74) is -1.04. The molecule has 0 spiro atoms. The third kappa shape index (κ3) is 2.86. The van der Waals surface area contributed by atoms with Crippen molar-refractivity contribution in [3.63, 3.8) is 0 Å². The summed E-state index contributed by atoms with van der Waals surface area (Å²) in [6.07, 6.45) is 1.25. The van der Waals surface area contributed by atoms with Gasteiger partial charge in [-0.1, -0.05) is 27.2 Å². The van der Waals surface area contributed by atoms with Crippen LogP contribution >= 0.6 is 0 Å². The highest BCUT2D eigenvalue weighted by Crippen LogP contribution is 2.61. The lowest BCUT2D eigenvalue weighted by molar-refractivity contribution is -0.141. The zero-order chi connectivity index (χ0) is 14.1. The van der Waals surface area contributed by atoms with Crippen molar-refractivity contribution in [1.82, 2.24) is 0 Å². The van der Waals surface area contributed by atoms with Gasteiger partial charge in [0.05, 0.1) is 17.6 Å². The Bertz CT molecular complexity index is 309. The number of aliphatic carboxylic acids is 1. The summed E-state index contributed by atoms with van der Waals surface area (Å²) in [6.45, 7) is 10.1. The van der Waals surface area contributed by atoms with Gasteiger partial charge in [0.25, 0.3) is 0 Å². The Kier molecular flexibility index (Phi) is 4.44. The van der Waals surface area contributed by atoms with Gasteiger partial charge < -0.3 is 14.9 Å². The Morgan fingerprint density at radius 2 is 2.00 bits per heavy atom. The van der Waals surface area contributed by atoms with Crippen molar-refractivity contribution in [1.29, 1.82) is 0 Å². The number of rotatable bonds is 7. The molecule has 1 saturated carbocycles. The molecule has 0 aromatic carbocycles. The second-order valence-electron chi connectivity index (χ2n) is 6.41. The van der Waals surface area contributed by atoms with E-state index in [2.05, 4.69) is 6.92 Å². The number of carboxylic acid groups (broad SMARTS) is 1. The molecule has 106 valence electrons. The van der Waals surface area contributed by atoms with Gasteiger partial charge in [0.2, 0.25) is 0 Å². The minimum absolute atomic E-state index is 0.230. The molecule has 1 aliphatic carbocycles. The highest BCUT2D eigenvalue weighted by Gasteiger charge is 2.67. The molecule has 0 radical (unpaired) electrons. The molecule has 0 aromatic rings. The van der Waals surface area contributed by atoms with Crippen LogP contribution in [0.15, 0.2) is 0 Å². The lowest BCUT2D eigenvalue weighted by Gasteiger charge is -2.32. The van der Waals surface area contributed by atoms with Crippen LogP contribution in [-0.2, 0) is 9.53 Å². The number of aliphatic hydroxyl groups is 1. The van der Waals surface area contributed by atoms with E-state index in [1.54, 1.807) is 0 Å². The summed E-state index contributed by atoms with van der Waals surface area (Å²) in [5.74, 6) is -1.53. The van der Waals surface area contributed by atoms with E-state index >= 15 is 0 Å². The molecular weight excluding hydrogens is 232 g/mol. The van der Waals surface area contributed by atoms with Crippen LogP contribution in [0.2, 0.25) is 0 Å². The van der Waals surface area contributed by atoms with Crippen molar-refractivity contribution in [3.8, 4) is 0 Å². The molecule has 0 aliphatic heterocycles. The van der Waals surface area contributed by atoms with Crippen molar-refractivity contribution in [2.45, 2.75) is 59.2 Å². The van der Waals surface area contributed by atoms with Crippen molar-refractivity contribution in [3.05, 3.63) is 0 Å². The fraction of sp³-hybridized carbons (Fsp3) is 0.929. The Labute approximate surface area is 109 Å². The second-order valence-corrected chi connectivity index (χ2v) is 6.41. The van der Waals surface area contributed by atoms with Crippen LogP contribution in [0.3, 0.4) is 0 Å². The van der Waals surface area contributed by atoms with Gasteiger partial charge in [0, 0.05) is 12.5 Å². The molecule has 3 atom stereocenters. The normalized spacial score (nSPS) is 27.9. The second kappa shape index (κ2) is 5.17. The van der Waals surface area contributed by atoms with Gasteiger partial charge in [0.15, 0.2) is 0 Å². The molecule has 0 saturated heterocycles. The predicted octanol–water partition coefficient (Wildman–Crippen LogP) is 2.30. The van der Waals surface area contributed by atoms with Crippen LogP contribution in [0.1, 0.15) is 47.5 Å². The van der Waals surface area contributed by atoms with Crippen molar-refractivity contribution in [2.75, 3.05) is 6.61 Å². The topological polar surface area (TPSA) is 66.8 Å². The van der Waals surface area contributed by atoms with Crippen molar-refractivity contribution >= 4 is 5.97 Å². The van der Waals surface area contributed by atoms with Crippen LogP contribution < -0.4 is 0 Å². The summed E-state index contributed by atoms with van der Waals surface area (Å²) < 4.78 is 5.71. The molecular formula is C14H26O4. The molecule has 4 heteroatoms. The highest BCUT2D eigenvalue weighted by molar-refractivity contribution is 5.75. The zero-order valence-electron chi connectivity index (χ0n) is 12.1. The quantitative estimate of drug-likeness (QED) is 0.688. The summed E-state index contributed by atoms with van der Waals surface area (Å²) >= 11 is 0. The molecule has 1 fully saturated rings. The SMILES string of the molecule is CCCCOC(C)(C)C(O)C1C(C(=O)O)C1(C)C. The predicted molar refractivity (Wildman–Crippen MR) is 69.3 cm³/mol. The number of carboxylic acids is 1. The molecule has 0 heterocycles. The number of carbonyl (C=O) groups is 1. The van der Waals surface area contributed by atoms with E-state index in [9.17, 15) is 9.90 Å². The van der Waals surface area contributed by atoms with E-state index in [0.717, 1.165) is 12.8 Å². The van der Waals surface area contributed by atoms with Crippen molar-refractivity contribution < 1.29 is 19.7 Å². The van der Waals surface area contributed by atoms with E-state index < -0.39 is 23.6 Å². The highest BCUT2D eigenvalue weighted by atomic mass is 16.5. The molecule has 1 aliphatic rings. The first-order chi connectivity index (χ1) is 8.16. The number of hydrogen-bond donors (Lipinski definition) is 2. The van der Waals surface area contributed by atoms with Gasteiger partial charge in [-0.3, -0.25) is 4.79 Å². The van der Waals surface area contributed by atoms with E-state index in [4.69, 9.17) is 9.84 Å². The average molecular weight is 258 g/mol. The number of ether oxygens (including phenoxy) is 1. The third-order valence-corrected chi connectivity index (χ3v) is 4.20. The fourth-order valence-electron chi connectivity index (χ4n) is 2.74. The molecule has 1 rings (SSSR count). The fourth-order valence-corrected chi connectivity index (χ4v) is 2.74. The van der Waals surface area contributed by atoms with Crippen LogP contribution in [0, 0.1) is 17.3 Å². The van der Waals surface area contributed by atoms with E-state index in [1.165, 1.54) is 0 Å². The van der Waals surface area contributed by atoms with Gasteiger partial charge in [-0.2, -0.15) is 0 Å². The molecule has 0 bridgehead atoms. The van der Waals surface area contributed by atoms with E-state index in [0.29, 0.717) is 6.61 Å². The maximum Gasteiger partial charge on any atom is 0.307 e. The van der Waals surface area contributed by atoms with E-state index in [1.807, 2.05) is 27.7 Å². The monoisotopic (exact) mass is 258 g/mol. The Morgan fingerprint density at radius 3 is 2.39 bits per heavy atom.